The highest BCUT2D eigenvalue weighted by Crippen LogP contribution is 2.33. The summed E-state index contributed by atoms with van der Waals surface area (Å²) in [5.74, 6) is 0. The lowest BCUT2D eigenvalue weighted by Gasteiger charge is -2.21. The van der Waals surface area contributed by atoms with Gasteiger partial charge in [-0.2, -0.15) is 0 Å². The number of nitrogens with two attached hydrogens (primary N) is 1. The fourth-order valence-electron chi connectivity index (χ4n) is 2.12. The molecule has 1 saturated heterocycles. The first-order chi connectivity index (χ1) is 6.29. The zero-order chi connectivity index (χ0) is 9.26. The van der Waals surface area contributed by atoms with Crippen molar-refractivity contribution in [2.24, 2.45) is 0 Å². The van der Waals surface area contributed by atoms with E-state index >= 15 is 0 Å². The summed E-state index contributed by atoms with van der Waals surface area (Å²) in [4.78, 5) is 2.38. The van der Waals surface area contributed by atoms with Crippen molar-refractivity contribution >= 4 is 5.69 Å². The molecule has 1 aromatic carbocycles. The quantitative estimate of drug-likeness (QED) is 0.663. The maximum absolute atomic E-state index is 5.94. The summed E-state index contributed by atoms with van der Waals surface area (Å²) < 4.78 is 0. The Morgan fingerprint density at radius 2 is 2.15 bits per heavy atom. The molecule has 1 aromatic rings. The van der Waals surface area contributed by atoms with Gasteiger partial charge < -0.3 is 5.73 Å². The number of anilines is 1. The molecule has 0 amide bonds. The first kappa shape index (κ1) is 8.57. The number of benzene rings is 1. The highest BCUT2D eigenvalue weighted by molar-refractivity contribution is 5.48. The van der Waals surface area contributed by atoms with Gasteiger partial charge in [-0.15, -0.1) is 0 Å². The average Bonchev–Trinajstić information content (AvgIpc) is 2.52. The normalized spacial score (nSPS) is 23.6. The third kappa shape index (κ3) is 1.54. The molecule has 70 valence electrons. The summed E-state index contributed by atoms with van der Waals surface area (Å²) in [6.45, 7) is 1.19. The van der Waals surface area contributed by atoms with E-state index in [1.54, 1.807) is 0 Å². The molecule has 0 aromatic heterocycles. The fourth-order valence-corrected chi connectivity index (χ4v) is 2.12. The first-order valence-corrected chi connectivity index (χ1v) is 4.83. The Hall–Kier alpha value is -1.02. The Bertz CT molecular complexity index is 296. The topological polar surface area (TPSA) is 29.3 Å². The van der Waals surface area contributed by atoms with Crippen LogP contribution in [0.5, 0.6) is 0 Å². The van der Waals surface area contributed by atoms with Gasteiger partial charge in [-0.1, -0.05) is 18.2 Å². The Labute approximate surface area is 79.4 Å². The van der Waals surface area contributed by atoms with Crippen LogP contribution in [0.25, 0.3) is 0 Å². The largest absolute Gasteiger partial charge is 0.398 e. The number of hydrogen-bond donors (Lipinski definition) is 1. The van der Waals surface area contributed by atoms with E-state index in [0.717, 1.165) is 5.69 Å². The minimum atomic E-state index is 0.543. The lowest BCUT2D eigenvalue weighted by atomic mass is 10.0. The first-order valence-electron chi connectivity index (χ1n) is 4.83. The van der Waals surface area contributed by atoms with Crippen LogP contribution in [0, 0.1) is 0 Å². The summed E-state index contributed by atoms with van der Waals surface area (Å²) in [5, 5.41) is 0. The van der Waals surface area contributed by atoms with Crippen molar-refractivity contribution in [1.82, 2.24) is 4.90 Å². The van der Waals surface area contributed by atoms with E-state index in [4.69, 9.17) is 5.73 Å². The third-order valence-corrected chi connectivity index (χ3v) is 2.88. The highest BCUT2D eigenvalue weighted by Gasteiger charge is 2.23. The summed E-state index contributed by atoms with van der Waals surface area (Å²) in [6.07, 6.45) is 2.53. The van der Waals surface area contributed by atoms with Gasteiger partial charge in [-0.25, -0.2) is 0 Å². The van der Waals surface area contributed by atoms with Crippen molar-refractivity contribution in [2.45, 2.75) is 18.9 Å². The molecule has 1 aliphatic rings. The molecule has 2 nitrogen and oxygen atoms in total. The van der Waals surface area contributed by atoms with Gasteiger partial charge in [0.1, 0.15) is 0 Å². The van der Waals surface area contributed by atoms with Gasteiger partial charge in [0, 0.05) is 11.7 Å². The van der Waals surface area contributed by atoms with Gasteiger partial charge in [0.05, 0.1) is 0 Å². The van der Waals surface area contributed by atoms with Crippen LogP contribution >= 0.6 is 0 Å². The Morgan fingerprint density at radius 1 is 1.38 bits per heavy atom. The SMILES string of the molecule is CN1CCCC1c1ccccc1N. The molecule has 1 aliphatic heterocycles. The molecule has 1 unspecified atom stereocenters. The van der Waals surface area contributed by atoms with Gasteiger partial charge in [0.25, 0.3) is 0 Å². The molecule has 0 aliphatic carbocycles. The van der Waals surface area contributed by atoms with Crippen LogP contribution in [-0.2, 0) is 0 Å². The van der Waals surface area contributed by atoms with Crippen molar-refractivity contribution in [3.05, 3.63) is 29.8 Å². The highest BCUT2D eigenvalue weighted by atomic mass is 15.1. The van der Waals surface area contributed by atoms with E-state index in [1.807, 2.05) is 12.1 Å². The Morgan fingerprint density at radius 3 is 2.77 bits per heavy atom. The monoisotopic (exact) mass is 176 g/mol. The number of likely N-dealkylation sites (tertiary alicyclic amines) is 1. The molecule has 2 N–H and O–H groups in total. The van der Waals surface area contributed by atoms with Crippen LogP contribution in [-0.4, -0.2) is 18.5 Å². The number of rotatable bonds is 1. The lowest BCUT2D eigenvalue weighted by Crippen LogP contribution is -2.18. The molecule has 1 atom stereocenters. The average molecular weight is 176 g/mol. The molecule has 1 heterocycles. The Kier molecular flexibility index (Phi) is 2.23. The van der Waals surface area contributed by atoms with E-state index in [-0.39, 0.29) is 0 Å². The van der Waals surface area contributed by atoms with E-state index in [1.165, 1.54) is 24.9 Å². The van der Waals surface area contributed by atoms with Crippen molar-refractivity contribution in [1.29, 1.82) is 0 Å². The molecule has 0 bridgehead atoms. The predicted octanol–water partition coefficient (Wildman–Crippen LogP) is 2.04. The zero-order valence-corrected chi connectivity index (χ0v) is 8.03. The maximum atomic E-state index is 5.94. The van der Waals surface area contributed by atoms with E-state index < -0.39 is 0 Å². The van der Waals surface area contributed by atoms with E-state index in [2.05, 4.69) is 24.1 Å². The molecule has 0 saturated carbocycles. The van der Waals surface area contributed by atoms with Crippen molar-refractivity contribution in [2.75, 3.05) is 19.3 Å². The molecule has 2 heteroatoms. The molecule has 13 heavy (non-hydrogen) atoms. The smallest absolute Gasteiger partial charge is 0.0365 e. The van der Waals surface area contributed by atoms with Crippen LogP contribution < -0.4 is 5.73 Å². The van der Waals surface area contributed by atoms with Crippen LogP contribution in [0.1, 0.15) is 24.4 Å². The van der Waals surface area contributed by atoms with Crippen LogP contribution in [0.2, 0.25) is 0 Å². The second kappa shape index (κ2) is 3.38. The minimum absolute atomic E-state index is 0.543. The van der Waals surface area contributed by atoms with Crippen LogP contribution in [0.4, 0.5) is 5.69 Å². The predicted molar refractivity (Wildman–Crippen MR) is 55.5 cm³/mol. The van der Waals surface area contributed by atoms with E-state index in [9.17, 15) is 0 Å². The summed E-state index contributed by atoms with van der Waals surface area (Å²) >= 11 is 0. The number of nitrogens with zero attached hydrogens (tertiary/aromatic N) is 1. The molecule has 1 fully saturated rings. The van der Waals surface area contributed by atoms with Crippen molar-refractivity contribution in [3.63, 3.8) is 0 Å². The second-order valence-electron chi connectivity index (χ2n) is 3.77. The summed E-state index contributed by atoms with van der Waals surface area (Å²) in [5.41, 5.74) is 8.16. The minimum Gasteiger partial charge on any atom is -0.398 e. The summed E-state index contributed by atoms with van der Waals surface area (Å²) in [6, 6.07) is 8.73. The van der Waals surface area contributed by atoms with Gasteiger partial charge in [-0.3, -0.25) is 4.90 Å². The van der Waals surface area contributed by atoms with E-state index in [0.29, 0.717) is 6.04 Å². The van der Waals surface area contributed by atoms with Crippen LogP contribution in [0.15, 0.2) is 24.3 Å². The third-order valence-electron chi connectivity index (χ3n) is 2.88. The maximum Gasteiger partial charge on any atom is 0.0365 e. The summed E-state index contributed by atoms with van der Waals surface area (Å²) in [7, 11) is 2.17. The molecule has 2 rings (SSSR count). The zero-order valence-electron chi connectivity index (χ0n) is 8.03. The number of hydrogen-bond acceptors (Lipinski definition) is 2. The Balaban J connectivity index is 2.29. The molecule has 0 spiro atoms. The van der Waals surface area contributed by atoms with Crippen molar-refractivity contribution < 1.29 is 0 Å². The molecule has 0 radical (unpaired) electrons. The van der Waals surface area contributed by atoms with Gasteiger partial charge in [0.15, 0.2) is 0 Å². The fraction of sp³-hybridized carbons (Fsp3) is 0.455. The number of nitrogen functional groups attached to an aromatic ring is 1. The molecular formula is C11H16N2. The standard InChI is InChI=1S/C11H16N2/c1-13-8-4-7-11(13)9-5-2-3-6-10(9)12/h2-3,5-6,11H,4,7-8,12H2,1H3. The van der Waals surface area contributed by atoms with Gasteiger partial charge in [-0.05, 0) is 38.1 Å². The second-order valence-corrected chi connectivity index (χ2v) is 3.77. The van der Waals surface area contributed by atoms with Crippen molar-refractivity contribution in [3.8, 4) is 0 Å². The van der Waals surface area contributed by atoms with Gasteiger partial charge in [0.2, 0.25) is 0 Å². The van der Waals surface area contributed by atoms with Gasteiger partial charge >= 0.3 is 0 Å². The molecular weight excluding hydrogens is 160 g/mol. The number of para-hydroxylation sites is 1. The lowest BCUT2D eigenvalue weighted by molar-refractivity contribution is 0.318. The van der Waals surface area contributed by atoms with Crippen LogP contribution in [0.3, 0.4) is 0 Å².